The van der Waals surface area contributed by atoms with E-state index in [1.54, 1.807) is 18.0 Å². The summed E-state index contributed by atoms with van der Waals surface area (Å²) in [5, 5.41) is 20.9. The largest absolute Gasteiger partial charge is 0.387 e. The lowest BCUT2D eigenvalue weighted by Gasteiger charge is -2.23. The summed E-state index contributed by atoms with van der Waals surface area (Å²) in [6.07, 6.45) is 2.61. The Labute approximate surface area is 124 Å². The van der Waals surface area contributed by atoms with Crippen molar-refractivity contribution in [2.45, 2.75) is 25.5 Å². The summed E-state index contributed by atoms with van der Waals surface area (Å²) in [7, 11) is 1.91. The molecule has 6 nitrogen and oxygen atoms in total. The van der Waals surface area contributed by atoms with Gasteiger partial charge in [0.25, 0.3) is 0 Å². The smallest absolute Gasteiger partial charge is 0.191 e. The van der Waals surface area contributed by atoms with E-state index in [-0.39, 0.29) is 0 Å². The molecule has 0 aliphatic carbocycles. The molecule has 3 N–H and O–H groups in total. The molecule has 0 saturated carbocycles. The fourth-order valence-electron chi connectivity index (χ4n) is 2.04. The number of nitrogens with zero attached hydrogens (tertiary/aromatic N) is 3. The van der Waals surface area contributed by atoms with Crippen LogP contribution in [0.1, 0.15) is 19.0 Å². The Morgan fingerprint density at radius 1 is 1.60 bits per heavy atom. The van der Waals surface area contributed by atoms with Gasteiger partial charge < -0.3 is 15.7 Å². The Hall–Kier alpha value is -1.21. The van der Waals surface area contributed by atoms with E-state index >= 15 is 0 Å². The fourth-order valence-corrected chi connectivity index (χ4v) is 3.34. The molecule has 2 rings (SSSR count). The lowest BCUT2D eigenvalue weighted by atomic mass is 10.0. The van der Waals surface area contributed by atoms with Crippen LogP contribution in [0.5, 0.6) is 0 Å². The standard InChI is InChI=1S/C13H23N5OS/c1-3-14-12(15-8-11-4-6-17-18(11)2)16-9-13(19)5-7-20-10-13/h4,6,19H,3,5,7-10H2,1-2H3,(H2,14,15,16). The van der Waals surface area contributed by atoms with E-state index in [1.807, 2.05) is 24.7 Å². The topological polar surface area (TPSA) is 74.5 Å². The first-order chi connectivity index (χ1) is 9.63. The number of thioether (sulfide) groups is 1. The van der Waals surface area contributed by atoms with Crippen LogP contribution in [-0.2, 0) is 13.6 Å². The summed E-state index contributed by atoms with van der Waals surface area (Å²) in [5.41, 5.74) is 0.449. The molecule has 1 atom stereocenters. The van der Waals surface area contributed by atoms with Crippen LogP contribution in [0, 0.1) is 0 Å². The molecule has 1 saturated heterocycles. The van der Waals surface area contributed by atoms with Crippen LogP contribution in [0.15, 0.2) is 17.3 Å². The Balaban J connectivity index is 1.90. The molecule has 0 bridgehead atoms. The van der Waals surface area contributed by atoms with Crippen molar-refractivity contribution in [3.8, 4) is 0 Å². The fraction of sp³-hybridized carbons (Fsp3) is 0.692. The molecule has 7 heteroatoms. The average molecular weight is 297 g/mol. The molecular weight excluding hydrogens is 274 g/mol. The highest BCUT2D eigenvalue weighted by Gasteiger charge is 2.31. The molecular formula is C13H23N5OS. The van der Waals surface area contributed by atoms with Crippen molar-refractivity contribution in [3.63, 3.8) is 0 Å². The van der Waals surface area contributed by atoms with Crippen molar-refractivity contribution in [2.75, 3.05) is 24.6 Å². The minimum absolute atomic E-state index is 0.539. The lowest BCUT2D eigenvalue weighted by molar-refractivity contribution is 0.0724. The third-order valence-electron chi connectivity index (χ3n) is 3.33. The van der Waals surface area contributed by atoms with E-state index in [4.69, 9.17) is 0 Å². The molecule has 0 spiro atoms. The van der Waals surface area contributed by atoms with Crippen LogP contribution >= 0.6 is 11.8 Å². The summed E-state index contributed by atoms with van der Waals surface area (Å²) < 4.78 is 1.81. The quantitative estimate of drug-likeness (QED) is 0.540. The van der Waals surface area contributed by atoms with E-state index in [0.29, 0.717) is 13.1 Å². The number of nitrogens with one attached hydrogen (secondary N) is 2. The highest BCUT2D eigenvalue weighted by Crippen LogP contribution is 2.26. The highest BCUT2D eigenvalue weighted by atomic mass is 32.2. The Kier molecular flexibility index (Phi) is 5.31. The predicted molar refractivity (Wildman–Crippen MR) is 82.9 cm³/mol. The minimum atomic E-state index is -0.604. The molecule has 0 radical (unpaired) electrons. The van der Waals surface area contributed by atoms with Gasteiger partial charge in [-0.3, -0.25) is 4.68 Å². The highest BCUT2D eigenvalue weighted by molar-refractivity contribution is 7.99. The van der Waals surface area contributed by atoms with Gasteiger partial charge >= 0.3 is 0 Å². The molecule has 1 aliphatic heterocycles. The number of guanidine groups is 1. The van der Waals surface area contributed by atoms with Crippen molar-refractivity contribution >= 4 is 17.7 Å². The van der Waals surface area contributed by atoms with Gasteiger partial charge in [-0.05, 0) is 25.2 Å². The second-order valence-corrected chi connectivity index (χ2v) is 6.13. The van der Waals surface area contributed by atoms with E-state index < -0.39 is 5.60 Å². The van der Waals surface area contributed by atoms with Crippen molar-refractivity contribution in [1.29, 1.82) is 0 Å². The molecule has 1 aromatic rings. The summed E-state index contributed by atoms with van der Waals surface area (Å²) in [5.74, 6) is 2.56. The molecule has 2 heterocycles. The SMILES string of the molecule is CCNC(=NCc1ccnn1C)NCC1(O)CCSC1. The van der Waals surface area contributed by atoms with Gasteiger partial charge in [-0.25, -0.2) is 4.99 Å². The van der Waals surface area contributed by atoms with Gasteiger partial charge in [0.1, 0.15) is 0 Å². The summed E-state index contributed by atoms with van der Waals surface area (Å²) in [6, 6.07) is 1.95. The van der Waals surface area contributed by atoms with Crippen LogP contribution in [-0.4, -0.2) is 51.0 Å². The van der Waals surface area contributed by atoms with Gasteiger partial charge in [-0.15, -0.1) is 0 Å². The van der Waals surface area contributed by atoms with Crippen LogP contribution in [0.3, 0.4) is 0 Å². The monoisotopic (exact) mass is 297 g/mol. The first kappa shape index (κ1) is 15.2. The number of aromatic nitrogens is 2. The van der Waals surface area contributed by atoms with Crippen LogP contribution < -0.4 is 10.6 Å². The van der Waals surface area contributed by atoms with Gasteiger partial charge in [0.05, 0.1) is 17.8 Å². The summed E-state index contributed by atoms with van der Waals surface area (Å²) in [6.45, 7) is 3.93. The third kappa shape index (κ3) is 4.14. The van der Waals surface area contributed by atoms with Gasteiger partial charge in [-0.1, -0.05) is 0 Å². The predicted octanol–water partition coefficient (Wildman–Crippen LogP) is 0.343. The average Bonchev–Trinajstić information content (AvgIpc) is 3.03. The second kappa shape index (κ2) is 6.99. The van der Waals surface area contributed by atoms with E-state index in [1.165, 1.54) is 0 Å². The zero-order chi connectivity index (χ0) is 14.4. The van der Waals surface area contributed by atoms with Crippen molar-refractivity contribution in [3.05, 3.63) is 18.0 Å². The van der Waals surface area contributed by atoms with Gasteiger partial charge in [0.15, 0.2) is 5.96 Å². The van der Waals surface area contributed by atoms with E-state index in [9.17, 15) is 5.11 Å². The van der Waals surface area contributed by atoms with Gasteiger partial charge in [0, 0.05) is 32.1 Å². The molecule has 1 aliphatic rings. The van der Waals surface area contributed by atoms with Crippen LogP contribution in [0.2, 0.25) is 0 Å². The summed E-state index contributed by atoms with van der Waals surface area (Å²) >= 11 is 1.80. The maximum atomic E-state index is 10.3. The number of rotatable bonds is 5. The molecule has 1 unspecified atom stereocenters. The number of hydrogen-bond donors (Lipinski definition) is 3. The lowest BCUT2D eigenvalue weighted by Crippen LogP contribution is -2.47. The maximum Gasteiger partial charge on any atom is 0.191 e. The normalized spacial score (nSPS) is 23.1. The molecule has 1 aromatic heterocycles. The van der Waals surface area contributed by atoms with Crippen LogP contribution in [0.4, 0.5) is 0 Å². The Morgan fingerprint density at radius 2 is 2.45 bits per heavy atom. The summed E-state index contributed by atoms with van der Waals surface area (Å²) in [4.78, 5) is 4.52. The zero-order valence-corrected chi connectivity index (χ0v) is 12.9. The molecule has 20 heavy (non-hydrogen) atoms. The minimum Gasteiger partial charge on any atom is -0.387 e. The van der Waals surface area contributed by atoms with Gasteiger partial charge in [0.2, 0.25) is 0 Å². The van der Waals surface area contributed by atoms with Crippen molar-refractivity contribution in [2.24, 2.45) is 12.0 Å². The van der Waals surface area contributed by atoms with Crippen molar-refractivity contribution in [1.82, 2.24) is 20.4 Å². The van der Waals surface area contributed by atoms with Crippen LogP contribution in [0.25, 0.3) is 0 Å². The number of aryl methyl sites for hydroxylation is 1. The molecule has 0 aromatic carbocycles. The molecule has 1 fully saturated rings. The third-order valence-corrected chi connectivity index (χ3v) is 4.57. The molecule has 0 amide bonds. The van der Waals surface area contributed by atoms with E-state index in [2.05, 4.69) is 20.7 Å². The Bertz CT molecular complexity index is 453. The van der Waals surface area contributed by atoms with E-state index in [0.717, 1.165) is 36.1 Å². The number of hydrogen-bond acceptors (Lipinski definition) is 4. The Morgan fingerprint density at radius 3 is 3.05 bits per heavy atom. The zero-order valence-electron chi connectivity index (χ0n) is 12.1. The van der Waals surface area contributed by atoms with Crippen molar-refractivity contribution < 1.29 is 5.11 Å². The van der Waals surface area contributed by atoms with Gasteiger partial charge in [-0.2, -0.15) is 16.9 Å². The number of aliphatic hydroxyl groups is 1. The number of aliphatic imine (C=N–C) groups is 1. The second-order valence-electron chi connectivity index (χ2n) is 5.02. The maximum absolute atomic E-state index is 10.3. The first-order valence-electron chi connectivity index (χ1n) is 6.92. The molecule has 112 valence electrons. The first-order valence-corrected chi connectivity index (χ1v) is 8.07.